The van der Waals surface area contributed by atoms with Gasteiger partial charge in [0.25, 0.3) is 5.88 Å². The molecule has 0 aliphatic carbocycles. The molecule has 1 aromatic carbocycles. The summed E-state index contributed by atoms with van der Waals surface area (Å²) in [5, 5.41) is 2.99. The first-order chi connectivity index (χ1) is 15.1. The molecule has 3 aromatic rings. The minimum absolute atomic E-state index is 0.0810. The minimum atomic E-state index is -0.0810. The molecule has 0 atom stereocenters. The van der Waals surface area contributed by atoms with Gasteiger partial charge in [0, 0.05) is 44.3 Å². The molecular formula is C22H26N6O2S. The summed E-state index contributed by atoms with van der Waals surface area (Å²) in [7, 11) is 0. The van der Waals surface area contributed by atoms with Crippen molar-refractivity contribution in [3.8, 4) is 5.88 Å². The molecule has 0 radical (unpaired) electrons. The number of carbonyl (C=O) groups is 1. The maximum atomic E-state index is 12.6. The number of nitrogens with zero attached hydrogens (tertiary/aromatic N) is 5. The number of ether oxygens (including phenoxy) is 1. The number of piperazine rings is 1. The van der Waals surface area contributed by atoms with Gasteiger partial charge in [-0.2, -0.15) is 4.37 Å². The van der Waals surface area contributed by atoms with Gasteiger partial charge in [-0.1, -0.05) is 26.0 Å². The second kappa shape index (κ2) is 9.74. The van der Waals surface area contributed by atoms with Crippen LogP contribution >= 0.6 is 11.7 Å². The van der Waals surface area contributed by atoms with Crippen LogP contribution in [0.15, 0.2) is 48.8 Å². The topological polar surface area (TPSA) is 83.5 Å². The Labute approximate surface area is 186 Å². The Morgan fingerprint density at radius 3 is 2.45 bits per heavy atom. The van der Waals surface area contributed by atoms with Crippen LogP contribution in [0.25, 0.3) is 0 Å². The van der Waals surface area contributed by atoms with Gasteiger partial charge >= 0.3 is 6.03 Å². The molecule has 162 valence electrons. The lowest BCUT2D eigenvalue weighted by molar-refractivity contribution is 0.208. The summed E-state index contributed by atoms with van der Waals surface area (Å²) in [6.45, 7) is 7.29. The van der Waals surface area contributed by atoms with Crippen molar-refractivity contribution < 1.29 is 9.53 Å². The van der Waals surface area contributed by atoms with Crippen molar-refractivity contribution in [1.29, 1.82) is 0 Å². The Balaban J connectivity index is 1.29. The molecule has 1 aliphatic heterocycles. The van der Waals surface area contributed by atoms with Crippen LogP contribution in [-0.2, 0) is 6.61 Å². The van der Waals surface area contributed by atoms with Gasteiger partial charge < -0.3 is 19.9 Å². The van der Waals surface area contributed by atoms with Gasteiger partial charge in [0.15, 0.2) is 0 Å². The van der Waals surface area contributed by atoms with E-state index in [0.29, 0.717) is 44.6 Å². The first kappa shape index (κ1) is 21.0. The number of aromatic nitrogens is 3. The molecule has 1 N–H and O–H groups in total. The summed E-state index contributed by atoms with van der Waals surface area (Å²) in [6, 6.07) is 11.8. The first-order valence-corrected chi connectivity index (χ1v) is 11.1. The van der Waals surface area contributed by atoms with E-state index in [9.17, 15) is 4.79 Å². The largest absolute Gasteiger partial charge is 0.470 e. The highest BCUT2D eigenvalue weighted by Gasteiger charge is 2.25. The fourth-order valence-corrected chi connectivity index (χ4v) is 3.89. The highest BCUT2D eigenvalue weighted by molar-refractivity contribution is 6.99. The van der Waals surface area contributed by atoms with Crippen LogP contribution in [0.1, 0.15) is 30.9 Å². The van der Waals surface area contributed by atoms with Crippen molar-refractivity contribution in [2.45, 2.75) is 26.4 Å². The van der Waals surface area contributed by atoms with Gasteiger partial charge in [-0.05, 0) is 41.3 Å². The van der Waals surface area contributed by atoms with E-state index in [1.54, 1.807) is 12.4 Å². The Bertz CT molecular complexity index is 985. The highest BCUT2D eigenvalue weighted by Crippen LogP contribution is 2.27. The minimum Gasteiger partial charge on any atom is -0.470 e. The molecular weight excluding hydrogens is 412 g/mol. The summed E-state index contributed by atoms with van der Waals surface area (Å²) in [4.78, 5) is 20.6. The van der Waals surface area contributed by atoms with Gasteiger partial charge in [0.2, 0.25) is 5.82 Å². The molecule has 4 rings (SSSR count). The zero-order valence-electron chi connectivity index (χ0n) is 17.7. The number of urea groups is 1. The van der Waals surface area contributed by atoms with Crippen LogP contribution in [0.3, 0.4) is 0 Å². The number of anilines is 2. The van der Waals surface area contributed by atoms with Crippen molar-refractivity contribution in [2.75, 3.05) is 36.4 Å². The second-order valence-electron chi connectivity index (χ2n) is 7.72. The summed E-state index contributed by atoms with van der Waals surface area (Å²) >= 11 is 1.14. The second-order valence-corrected chi connectivity index (χ2v) is 8.25. The summed E-state index contributed by atoms with van der Waals surface area (Å²) in [6.07, 6.45) is 3.48. The third kappa shape index (κ3) is 5.29. The molecule has 1 saturated heterocycles. The van der Waals surface area contributed by atoms with E-state index in [1.807, 2.05) is 29.2 Å². The van der Waals surface area contributed by atoms with E-state index in [2.05, 4.69) is 49.9 Å². The fraction of sp³-hybridized carbons (Fsp3) is 0.364. The Morgan fingerprint density at radius 2 is 1.77 bits per heavy atom. The van der Waals surface area contributed by atoms with E-state index >= 15 is 0 Å². The van der Waals surface area contributed by atoms with Crippen molar-refractivity contribution in [1.82, 2.24) is 18.6 Å². The molecule has 0 saturated carbocycles. The van der Waals surface area contributed by atoms with Crippen LogP contribution in [-0.4, -0.2) is 50.8 Å². The summed E-state index contributed by atoms with van der Waals surface area (Å²) in [5.41, 5.74) is 3.09. The zero-order chi connectivity index (χ0) is 21.6. The Morgan fingerprint density at radius 1 is 1.06 bits per heavy atom. The number of nitrogens with one attached hydrogen (secondary N) is 1. The van der Waals surface area contributed by atoms with E-state index in [0.717, 1.165) is 28.8 Å². The quantitative estimate of drug-likeness (QED) is 0.627. The van der Waals surface area contributed by atoms with E-state index in [-0.39, 0.29) is 6.03 Å². The number of carbonyl (C=O) groups excluding carboxylic acids is 1. The summed E-state index contributed by atoms with van der Waals surface area (Å²) < 4.78 is 14.6. The lowest BCUT2D eigenvalue weighted by Crippen LogP contribution is -2.50. The number of hydrogen-bond acceptors (Lipinski definition) is 7. The van der Waals surface area contributed by atoms with Gasteiger partial charge in [0.1, 0.15) is 6.61 Å². The monoisotopic (exact) mass is 438 g/mol. The average molecular weight is 439 g/mol. The molecule has 0 bridgehead atoms. The normalized spacial score (nSPS) is 14.0. The number of amides is 2. The third-order valence-corrected chi connectivity index (χ3v) is 5.76. The molecule has 0 unspecified atom stereocenters. The van der Waals surface area contributed by atoms with E-state index < -0.39 is 0 Å². The maximum absolute atomic E-state index is 12.6. The van der Waals surface area contributed by atoms with Gasteiger partial charge in [-0.3, -0.25) is 4.98 Å². The maximum Gasteiger partial charge on any atom is 0.321 e. The third-order valence-electron chi connectivity index (χ3n) is 5.26. The van der Waals surface area contributed by atoms with Crippen LogP contribution in [0.5, 0.6) is 5.88 Å². The standard InChI is InChI=1S/C22H26N6O2S/c1-16(2)18-3-5-19(6-4-18)24-22(29)28-13-11-27(12-14-28)20-21(26-31-25-20)30-15-17-7-9-23-10-8-17/h3-10,16H,11-15H2,1-2H3,(H,24,29). The van der Waals surface area contributed by atoms with Crippen molar-refractivity contribution in [3.63, 3.8) is 0 Å². The van der Waals surface area contributed by atoms with Crippen molar-refractivity contribution in [3.05, 3.63) is 59.9 Å². The van der Waals surface area contributed by atoms with Gasteiger partial charge in [-0.25, -0.2) is 4.79 Å². The van der Waals surface area contributed by atoms with Crippen LogP contribution in [0.2, 0.25) is 0 Å². The molecule has 9 heteroatoms. The average Bonchev–Trinajstić information content (AvgIpc) is 3.27. The van der Waals surface area contributed by atoms with Crippen LogP contribution in [0, 0.1) is 0 Å². The van der Waals surface area contributed by atoms with Crippen LogP contribution < -0.4 is 15.0 Å². The predicted molar refractivity (Wildman–Crippen MR) is 122 cm³/mol. The van der Waals surface area contributed by atoms with Crippen molar-refractivity contribution >= 4 is 29.3 Å². The van der Waals surface area contributed by atoms with Gasteiger partial charge in [0.05, 0.1) is 11.7 Å². The van der Waals surface area contributed by atoms with Crippen molar-refractivity contribution in [2.24, 2.45) is 0 Å². The van der Waals surface area contributed by atoms with E-state index in [4.69, 9.17) is 4.74 Å². The molecule has 1 aliphatic rings. The zero-order valence-corrected chi connectivity index (χ0v) is 18.5. The molecule has 8 nitrogen and oxygen atoms in total. The molecule has 0 spiro atoms. The summed E-state index contributed by atoms with van der Waals surface area (Å²) in [5.74, 6) is 1.74. The molecule has 3 heterocycles. The Kier molecular flexibility index (Phi) is 6.61. The highest BCUT2D eigenvalue weighted by atomic mass is 32.1. The fourth-order valence-electron chi connectivity index (χ4n) is 3.37. The first-order valence-electron chi connectivity index (χ1n) is 10.4. The molecule has 1 fully saturated rings. The SMILES string of the molecule is CC(C)c1ccc(NC(=O)N2CCN(c3nsnc3OCc3ccncc3)CC2)cc1. The lowest BCUT2D eigenvalue weighted by atomic mass is 10.0. The smallest absolute Gasteiger partial charge is 0.321 e. The number of hydrogen-bond donors (Lipinski definition) is 1. The van der Waals surface area contributed by atoms with Gasteiger partial charge in [-0.15, -0.1) is 4.37 Å². The molecule has 2 amide bonds. The number of benzene rings is 1. The van der Waals surface area contributed by atoms with E-state index in [1.165, 1.54) is 5.56 Å². The van der Waals surface area contributed by atoms with Crippen LogP contribution in [0.4, 0.5) is 16.3 Å². The number of pyridine rings is 1. The Hall–Kier alpha value is -3.20. The predicted octanol–water partition coefficient (Wildman–Crippen LogP) is 3.99. The number of rotatable bonds is 6. The molecule has 2 aromatic heterocycles. The molecule has 31 heavy (non-hydrogen) atoms. The lowest BCUT2D eigenvalue weighted by Gasteiger charge is -2.34.